The highest BCUT2D eigenvalue weighted by Crippen LogP contribution is 2.36. The second kappa shape index (κ2) is 14.8. The van der Waals surface area contributed by atoms with Crippen molar-refractivity contribution in [3.05, 3.63) is 0 Å². The van der Waals surface area contributed by atoms with Crippen molar-refractivity contribution in [2.24, 2.45) is 29.6 Å². The summed E-state index contributed by atoms with van der Waals surface area (Å²) in [6.45, 7) is 11.9. The second-order valence-corrected chi connectivity index (χ2v) is 9.86. The number of unbranched alkanes of at least 4 members (excludes halogenated alkanes) is 4. The molecule has 3 atom stereocenters. The van der Waals surface area contributed by atoms with Crippen LogP contribution in [-0.4, -0.2) is 25.2 Å². The van der Waals surface area contributed by atoms with Crippen molar-refractivity contribution < 1.29 is 19.1 Å². The van der Waals surface area contributed by atoms with Crippen LogP contribution in [0.3, 0.4) is 0 Å². The Kier molecular flexibility index (Phi) is 13.3. The van der Waals surface area contributed by atoms with E-state index in [1.54, 1.807) is 0 Å². The van der Waals surface area contributed by atoms with E-state index in [4.69, 9.17) is 9.47 Å². The van der Waals surface area contributed by atoms with Crippen LogP contribution >= 0.6 is 0 Å². The molecule has 0 heterocycles. The molecule has 0 aliphatic heterocycles. The molecule has 0 aromatic carbocycles. The lowest BCUT2D eigenvalue weighted by Gasteiger charge is -2.33. The highest BCUT2D eigenvalue weighted by molar-refractivity contribution is 5.82. The number of carbonyl (C=O) groups is 2. The Labute approximate surface area is 179 Å². The molecule has 0 spiro atoms. The smallest absolute Gasteiger partial charge is 0.310 e. The van der Waals surface area contributed by atoms with Gasteiger partial charge < -0.3 is 9.47 Å². The van der Waals surface area contributed by atoms with Crippen molar-refractivity contribution in [2.45, 2.75) is 105 Å². The zero-order valence-corrected chi connectivity index (χ0v) is 19.7. The molecule has 1 aliphatic rings. The first kappa shape index (κ1) is 26.0. The van der Waals surface area contributed by atoms with Crippen LogP contribution in [0.1, 0.15) is 105 Å². The fourth-order valence-corrected chi connectivity index (χ4v) is 4.29. The summed E-state index contributed by atoms with van der Waals surface area (Å²) in [5.74, 6) is 0.571. The number of hydrogen-bond donors (Lipinski definition) is 0. The van der Waals surface area contributed by atoms with Crippen molar-refractivity contribution >= 4 is 11.9 Å². The van der Waals surface area contributed by atoms with E-state index in [0.29, 0.717) is 13.2 Å². The Bertz CT molecular complexity index is 458. The third-order valence-electron chi connectivity index (χ3n) is 6.14. The largest absolute Gasteiger partial charge is 0.465 e. The Morgan fingerprint density at radius 3 is 1.79 bits per heavy atom. The lowest BCUT2D eigenvalue weighted by molar-refractivity contribution is -0.165. The van der Waals surface area contributed by atoms with Crippen molar-refractivity contribution in [1.82, 2.24) is 0 Å². The number of carbonyl (C=O) groups excluding carboxylic acids is 2. The van der Waals surface area contributed by atoms with E-state index < -0.39 is 0 Å². The summed E-state index contributed by atoms with van der Waals surface area (Å²) in [5, 5.41) is 0. The zero-order chi connectivity index (χ0) is 21.6. The molecule has 0 saturated heterocycles. The van der Waals surface area contributed by atoms with Gasteiger partial charge in [0.15, 0.2) is 0 Å². The topological polar surface area (TPSA) is 52.6 Å². The van der Waals surface area contributed by atoms with Crippen LogP contribution in [0.25, 0.3) is 0 Å². The van der Waals surface area contributed by atoms with Crippen LogP contribution in [0.2, 0.25) is 0 Å². The Morgan fingerprint density at radius 2 is 1.28 bits per heavy atom. The molecule has 0 aromatic heterocycles. The molecule has 4 heteroatoms. The first-order valence-corrected chi connectivity index (χ1v) is 12.2. The molecule has 4 nitrogen and oxygen atoms in total. The highest BCUT2D eigenvalue weighted by atomic mass is 16.5. The first-order chi connectivity index (χ1) is 13.8. The van der Waals surface area contributed by atoms with Gasteiger partial charge in [-0.2, -0.15) is 0 Å². The van der Waals surface area contributed by atoms with Crippen LogP contribution in [0.15, 0.2) is 0 Å². The van der Waals surface area contributed by atoms with Crippen LogP contribution in [0, 0.1) is 29.6 Å². The van der Waals surface area contributed by atoms with Gasteiger partial charge in [0, 0.05) is 0 Å². The number of esters is 2. The Hall–Kier alpha value is -1.06. The summed E-state index contributed by atoms with van der Waals surface area (Å²) in [6, 6.07) is 0. The Balaban J connectivity index is 2.37. The number of rotatable bonds is 14. The van der Waals surface area contributed by atoms with Gasteiger partial charge in [-0.1, -0.05) is 79.6 Å². The van der Waals surface area contributed by atoms with Gasteiger partial charge in [0.25, 0.3) is 0 Å². The lowest BCUT2D eigenvalue weighted by atomic mass is 9.73. The SMILES string of the molecule is CC(C)CCCCCOC(=O)C1CCCC(C)C1C(=O)OCCCCCC(C)C. The van der Waals surface area contributed by atoms with E-state index in [9.17, 15) is 9.59 Å². The predicted octanol–water partition coefficient (Wildman–Crippen LogP) is 6.56. The molecular weight excluding hydrogens is 364 g/mol. The highest BCUT2D eigenvalue weighted by Gasteiger charge is 2.41. The van der Waals surface area contributed by atoms with Gasteiger partial charge in [-0.05, 0) is 43.4 Å². The van der Waals surface area contributed by atoms with Crippen LogP contribution in [-0.2, 0) is 19.1 Å². The summed E-state index contributed by atoms with van der Waals surface area (Å²) >= 11 is 0. The van der Waals surface area contributed by atoms with E-state index in [2.05, 4.69) is 34.6 Å². The van der Waals surface area contributed by atoms with Gasteiger partial charge in [-0.3, -0.25) is 9.59 Å². The fourth-order valence-electron chi connectivity index (χ4n) is 4.29. The van der Waals surface area contributed by atoms with Crippen LogP contribution in [0.4, 0.5) is 0 Å². The third-order valence-corrected chi connectivity index (χ3v) is 6.14. The standard InChI is InChI=1S/C25H46O4/c1-19(2)13-8-6-10-17-28-24(26)22-16-12-15-21(5)23(22)25(27)29-18-11-7-9-14-20(3)4/h19-23H,6-18H2,1-5H3. The van der Waals surface area contributed by atoms with Gasteiger partial charge >= 0.3 is 11.9 Å². The number of ether oxygens (including phenoxy) is 2. The van der Waals surface area contributed by atoms with E-state index in [1.807, 2.05) is 0 Å². The summed E-state index contributed by atoms with van der Waals surface area (Å²) in [7, 11) is 0. The molecule has 170 valence electrons. The minimum atomic E-state index is -0.340. The molecule has 1 rings (SSSR count). The van der Waals surface area contributed by atoms with Gasteiger partial charge in [0.1, 0.15) is 0 Å². The maximum atomic E-state index is 12.7. The van der Waals surface area contributed by atoms with Crippen molar-refractivity contribution in [3.8, 4) is 0 Å². The minimum absolute atomic E-state index is 0.181. The van der Waals surface area contributed by atoms with E-state index in [0.717, 1.165) is 56.8 Å². The van der Waals surface area contributed by atoms with Gasteiger partial charge in [0.05, 0.1) is 25.0 Å². The second-order valence-electron chi connectivity index (χ2n) is 9.86. The Morgan fingerprint density at radius 1 is 0.759 bits per heavy atom. The molecule has 0 amide bonds. The number of hydrogen-bond acceptors (Lipinski definition) is 4. The van der Waals surface area contributed by atoms with Gasteiger partial charge in [-0.15, -0.1) is 0 Å². The van der Waals surface area contributed by atoms with Gasteiger partial charge in [0.2, 0.25) is 0 Å². The minimum Gasteiger partial charge on any atom is -0.465 e. The average Bonchev–Trinajstić information content (AvgIpc) is 2.66. The van der Waals surface area contributed by atoms with Crippen LogP contribution in [0.5, 0.6) is 0 Å². The van der Waals surface area contributed by atoms with Crippen molar-refractivity contribution in [3.63, 3.8) is 0 Å². The summed E-state index contributed by atoms with van der Waals surface area (Å²) < 4.78 is 11.1. The molecular formula is C25H46O4. The van der Waals surface area contributed by atoms with Gasteiger partial charge in [-0.25, -0.2) is 0 Å². The molecule has 0 radical (unpaired) electrons. The molecule has 1 fully saturated rings. The molecule has 1 saturated carbocycles. The molecule has 0 aromatic rings. The summed E-state index contributed by atoms with van der Waals surface area (Å²) in [4.78, 5) is 25.4. The molecule has 3 unspecified atom stereocenters. The molecule has 29 heavy (non-hydrogen) atoms. The van der Waals surface area contributed by atoms with E-state index in [1.165, 1.54) is 25.7 Å². The third kappa shape index (κ3) is 11.1. The van der Waals surface area contributed by atoms with Crippen LogP contribution < -0.4 is 0 Å². The predicted molar refractivity (Wildman–Crippen MR) is 119 cm³/mol. The fraction of sp³-hybridized carbons (Fsp3) is 0.920. The quantitative estimate of drug-likeness (QED) is 0.240. The zero-order valence-electron chi connectivity index (χ0n) is 19.7. The average molecular weight is 411 g/mol. The first-order valence-electron chi connectivity index (χ1n) is 12.2. The molecule has 1 aliphatic carbocycles. The van der Waals surface area contributed by atoms with Crippen molar-refractivity contribution in [2.75, 3.05) is 13.2 Å². The normalized spacial score (nSPS) is 22.1. The lowest BCUT2D eigenvalue weighted by Crippen LogP contribution is -2.39. The van der Waals surface area contributed by atoms with Crippen molar-refractivity contribution in [1.29, 1.82) is 0 Å². The summed E-state index contributed by atoms with van der Waals surface area (Å²) in [6.07, 6.45) is 11.5. The van der Waals surface area contributed by atoms with E-state index in [-0.39, 0.29) is 29.7 Å². The maximum Gasteiger partial charge on any atom is 0.310 e. The van der Waals surface area contributed by atoms with E-state index >= 15 is 0 Å². The molecule has 0 bridgehead atoms. The maximum absolute atomic E-state index is 12.7. The monoisotopic (exact) mass is 410 g/mol. The summed E-state index contributed by atoms with van der Waals surface area (Å²) in [5.41, 5.74) is 0. The molecule has 0 N–H and O–H groups in total.